The number of thiocarbonyl (C=S) groups is 1. The number of carbonyl (C=O) groups is 1. The number of hydrogen-bond acceptors (Lipinski definition) is 7. The number of rotatable bonds is 11. The van der Waals surface area contributed by atoms with E-state index in [2.05, 4.69) is 11.0 Å². The SMILES string of the molecule is COc1ccc(CCN2CCC(N(C(=O)C=CC3=CC=CCC3=S)c3ccc(OC)c(OC)c3)CC2)cc1OC. The van der Waals surface area contributed by atoms with Crippen molar-refractivity contribution in [1.29, 1.82) is 0 Å². The molecule has 4 rings (SSSR count). The van der Waals surface area contributed by atoms with E-state index in [4.69, 9.17) is 31.2 Å². The average Bonchev–Trinajstić information content (AvgIpc) is 3.00. The number of nitrogens with zero attached hydrogens (tertiary/aromatic N) is 2. The molecule has 1 aliphatic heterocycles. The molecule has 1 heterocycles. The molecule has 2 aromatic carbocycles. The fourth-order valence-electron chi connectivity index (χ4n) is 5.16. The van der Waals surface area contributed by atoms with E-state index in [0.29, 0.717) is 11.5 Å². The van der Waals surface area contributed by atoms with Gasteiger partial charge in [-0.15, -0.1) is 0 Å². The minimum Gasteiger partial charge on any atom is -0.493 e. The summed E-state index contributed by atoms with van der Waals surface area (Å²) in [5.41, 5.74) is 2.90. The van der Waals surface area contributed by atoms with Crippen LogP contribution >= 0.6 is 12.2 Å². The molecule has 7 nitrogen and oxygen atoms in total. The first-order valence-electron chi connectivity index (χ1n) is 13.5. The molecule has 2 aliphatic rings. The molecule has 1 aliphatic carbocycles. The van der Waals surface area contributed by atoms with Crippen molar-refractivity contribution in [2.24, 2.45) is 0 Å². The zero-order valence-corrected chi connectivity index (χ0v) is 24.5. The Hall–Kier alpha value is -3.62. The standard InChI is InChI=1S/C32H38N2O5S/c1-36-27-12-9-23(21-29(27)38-3)15-18-33-19-16-25(17-20-33)34(26-11-13-28(37-2)30(22-26)39-4)32(35)14-10-24-7-5-6-8-31(24)40/h5-7,9-14,21-22,25H,8,15-20H2,1-4H3. The normalized spacial score (nSPS) is 16.1. The number of ether oxygens (including phenoxy) is 4. The van der Waals surface area contributed by atoms with Crippen LogP contribution in [0.4, 0.5) is 5.69 Å². The van der Waals surface area contributed by atoms with Crippen LogP contribution in [0.2, 0.25) is 0 Å². The van der Waals surface area contributed by atoms with E-state index in [1.165, 1.54) is 5.56 Å². The second kappa shape index (κ2) is 14.1. The van der Waals surface area contributed by atoms with Crippen LogP contribution in [-0.2, 0) is 11.2 Å². The summed E-state index contributed by atoms with van der Waals surface area (Å²) in [7, 11) is 6.52. The van der Waals surface area contributed by atoms with Gasteiger partial charge in [-0.2, -0.15) is 0 Å². The van der Waals surface area contributed by atoms with E-state index < -0.39 is 0 Å². The van der Waals surface area contributed by atoms with Gasteiger partial charge in [-0.1, -0.05) is 36.5 Å². The van der Waals surface area contributed by atoms with Gasteiger partial charge in [0, 0.05) is 54.8 Å². The van der Waals surface area contributed by atoms with Gasteiger partial charge in [-0.05, 0) is 60.7 Å². The van der Waals surface area contributed by atoms with Gasteiger partial charge < -0.3 is 28.7 Å². The Bertz CT molecular complexity index is 1290. The fraction of sp³-hybridized carbons (Fsp3) is 0.375. The van der Waals surface area contributed by atoms with E-state index in [1.54, 1.807) is 34.5 Å². The van der Waals surface area contributed by atoms with Gasteiger partial charge in [0.2, 0.25) is 0 Å². The number of piperidine rings is 1. The van der Waals surface area contributed by atoms with Crippen LogP contribution in [0.1, 0.15) is 24.8 Å². The van der Waals surface area contributed by atoms with Gasteiger partial charge >= 0.3 is 0 Å². The second-order valence-corrected chi connectivity index (χ2v) is 10.3. The predicted molar refractivity (Wildman–Crippen MR) is 163 cm³/mol. The fourth-order valence-corrected chi connectivity index (χ4v) is 5.40. The monoisotopic (exact) mass is 562 g/mol. The lowest BCUT2D eigenvalue weighted by Crippen LogP contribution is -2.47. The second-order valence-electron chi connectivity index (χ2n) is 9.77. The highest BCUT2D eigenvalue weighted by Gasteiger charge is 2.29. The van der Waals surface area contributed by atoms with Crippen molar-refractivity contribution in [3.05, 3.63) is 77.9 Å². The molecule has 212 valence electrons. The number of likely N-dealkylation sites (tertiary alicyclic amines) is 1. The summed E-state index contributed by atoms with van der Waals surface area (Å²) in [6, 6.07) is 11.8. The topological polar surface area (TPSA) is 60.5 Å². The Morgan fingerprint density at radius 1 is 0.950 bits per heavy atom. The number of hydrogen-bond donors (Lipinski definition) is 0. The maximum Gasteiger partial charge on any atom is 0.251 e. The number of anilines is 1. The van der Waals surface area contributed by atoms with Crippen molar-refractivity contribution >= 4 is 28.7 Å². The number of amides is 1. The van der Waals surface area contributed by atoms with E-state index >= 15 is 0 Å². The molecule has 0 spiro atoms. The Labute approximate surface area is 242 Å². The minimum absolute atomic E-state index is 0.0553. The lowest BCUT2D eigenvalue weighted by molar-refractivity contribution is -0.114. The molecular weight excluding hydrogens is 524 g/mol. The van der Waals surface area contributed by atoms with Crippen molar-refractivity contribution in [2.45, 2.75) is 31.7 Å². The molecule has 1 fully saturated rings. The predicted octanol–water partition coefficient (Wildman–Crippen LogP) is 5.57. The van der Waals surface area contributed by atoms with Crippen LogP contribution in [0.15, 0.2) is 72.4 Å². The Morgan fingerprint density at radius 3 is 2.25 bits per heavy atom. The van der Waals surface area contributed by atoms with Crippen LogP contribution in [-0.4, -0.2) is 69.8 Å². The number of methoxy groups -OCH3 is 4. The van der Waals surface area contributed by atoms with Crippen LogP contribution in [0.25, 0.3) is 0 Å². The van der Waals surface area contributed by atoms with Gasteiger partial charge in [0.15, 0.2) is 23.0 Å². The Morgan fingerprint density at radius 2 is 1.60 bits per heavy atom. The first kappa shape index (κ1) is 29.4. The molecule has 0 radical (unpaired) electrons. The third kappa shape index (κ3) is 7.11. The van der Waals surface area contributed by atoms with E-state index in [-0.39, 0.29) is 11.9 Å². The van der Waals surface area contributed by atoms with Crippen molar-refractivity contribution in [2.75, 3.05) is 53.0 Å². The van der Waals surface area contributed by atoms with Gasteiger partial charge in [-0.3, -0.25) is 4.79 Å². The summed E-state index contributed by atoms with van der Waals surface area (Å²) in [6.45, 7) is 2.74. The highest BCUT2D eigenvalue weighted by Crippen LogP contribution is 2.34. The molecule has 0 saturated carbocycles. The van der Waals surface area contributed by atoms with Gasteiger partial charge in [-0.25, -0.2) is 0 Å². The minimum atomic E-state index is -0.0748. The summed E-state index contributed by atoms with van der Waals surface area (Å²) >= 11 is 5.48. The van der Waals surface area contributed by atoms with Crippen molar-refractivity contribution < 1.29 is 23.7 Å². The lowest BCUT2D eigenvalue weighted by atomic mass is 10.0. The summed E-state index contributed by atoms with van der Waals surface area (Å²) in [6.07, 6.45) is 12.8. The number of carbonyl (C=O) groups excluding carboxylic acids is 1. The van der Waals surface area contributed by atoms with Crippen molar-refractivity contribution in [1.82, 2.24) is 4.90 Å². The summed E-state index contributed by atoms with van der Waals surface area (Å²) in [5, 5.41) is 0. The number of allylic oxidation sites excluding steroid dienone is 5. The average molecular weight is 563 g/mol. The molecule has 2 aromatic rings. The number of benzene rings is 2. The molecule has 40 heavy (non-hydrogen) atoms. The van der Waals surface area contributed by atoms with Crippen LogP contribution in [0.3, 0.4) is 0 Å². The molecule has 8 heteroatoms. The van der Waals surface area contributed by atoms with Crippen LogP contribution in [0.5, 0.6) is 23.0 Å². The van der Waals surface area contributed by atoms with E-state index in [1.807, 2.05) is 59.5 Å². The first-order chi connectivity index (χ1) is 19.5. The lowest BCUT2D eigenvalue weighted by Gasteiger charge is -2.38. The molecule has 0 unspecified atom stereocenters. The Kier molecular flexibility index (Phi) is 10.4. The van der Waals surface area contributed by atoms with E-state index in [0.717, 1.165) is 72.9 Å². The molecule has 0 N–H and O–H groups in total. The van der Waals surface area contributed by atoms with E-state index in [9.17, 15) is 4.79 Å². The largest absolute Gasteiger partial charge is 0.493 e. The van der Waals surface area contributed by atoms with Crippen molar-refractivity contribution in [3.63, 3.8) is 0 Å². The van der Waals surface area contributed by atoms with Gasteiger partial charge in [0.05, 0.1) is 28.4 Å². The zero-order chi connectivity index (χ0) is 28.5. The first-order valence-corrected chi connectivity index (χ1v) is 13.9. The summed E-state index contributed by atoms with van der Waals surface area (Å²) in [5.74, 6) is 2.63. The zero-order valence-electron chi connectivity index (χ0n) is 23.7. The third-order valence-corrected chi connectivity index (χ3v) is 7.81. The van der Waals surface area contributed by atoms with Crippen LogP contribution < -0.4 is 23.8 Å². The molecule has 1 saturated heterocycles. The highest BCUT2D eigenvalue weighted by molar-refractivity contribution is 7.80. The molecule has 0 atom stereocenters. The highest BCUT2D eigenvalue weighted by atomic mass is 32.1. The van der Waals surface area contributed by atoms with Gasteiger partial charge in [0.1, 0.15) is 0 Å². The smallest absolute Gasteiger partial charge is 0.251 e. The molecule has 1 amide bonds. The quantitative estimate of drug-likeness (QED) is 0.262. The summed E-state index contributed by atoms with van der Waals surface area (Å²) < 4.78 is 21.8. The maximum atomic E-state index is 13.7. The molecule has 0 aromatic heterocycles. The summed E-state index contributed by atoms with van der Waals surface area (Å²) in [4.78, 5) is 18.9. The third-order valence-electron chi connectivity index (χ3n) is 7.41. The molecule has 0 bridgehead atoms. The van der Waals surface area contributed by atoms with Crippen LogP contribution in [0, 0.1) is 0 Å². The molecular formula is C32H38N2O5S. The maximum absolute atomic E-state index is 13.7. The van der Waals surface area contributed by atoms with Crippen molar-refractivity contribution in [3.8, 4) is 23.0 Å². The van der Waals surface area contributed by atoms with Gasteiger partial charge in [0.25, 0.3) is 5.91 Å². The Balaban J connectivity index is 1.47.